The van der Waals surface area contributed by atoms with Crippen molar-refractivity contribution in [1.29, 1.82) is 0 Å². The Hall–Kier alpha value is -2.33. The Balaban J connectivity index is 0.000000335. The van der Waals surface area contributed by atoms with Crippen LogP contribution >= 0.6 is 11.6 Å². The van der Waals surface area contributed by atoms with E-state index in [0.29, 0.717) is 5.56 Å². The number of alkyl halides is 1. The molecule has 2 aromatic carbocycles. The third kappa shape index (κ3) is 11.2. The number of carboxylic acids is 1. The van der Waals surface area contributed by atoms with Gasteiger partial charge < -0.3 is 10.8 Å². The second-order valence-electron chi connectivity index (χ2n) is 3.88. The average Bonchev–Trinajstić information content (AvgIpc) is 2.49. The van der Waals surface area contributed by atoms with E-state index in [-0.39, 0.29) is 5.91 Å². The number of benzene rings is 2. The summed E-state index contributed by atoms with van der Waals surface area (Å²) in [6.07, 6.45) is 0. The maximum atomic E-state index is 10.4. The van der Waals surface area contributed by atoms with Gasteiger partial charge in [0.15, 0.2) is 5.38 Å². The van der Waals surface area contributed by atoms with Crippen LogP contribution in [0.1, 0.15) is 17.9 Å². The predicted molar refractivity (Wildman–Crippen MR) is 84.0 cm³/mol. The molecular weight excluding hydrogens is 290 g/mol. The molecule has 3 N–H and O–H groups in total. The van der Waals surface area contributed by atoms with Crippen LogP contribution in [-0.2, 0) is 9.59 Å². The third-order valence-corrected chi connectivity index (χ3v) is 2.41. The number of carboxylic acid groups (broad SMARTS) is 1. The second-order valence-corrected chi connectivity index (χ2v) is 4.31. The Morgan fingerprint density at radius 3 is 1.52 bits per heavy atom. The first-order chi connectivity index (χ1) is 9.95. The summed E-state index contributed by atoms with van der Waals surface area (Å²) in [5.74, 6) is -1.35. The van der Waals surface area contributed by atoms with Gasteiger partial charge in [0.1, 0.15) is 0 Å². The molecule has 0 radical (unpaired) electrons. The lowest BCUT2D eigenvalue weighted by molar-refractivity contribution is -0.136. The number of carbonyl (C=O) groups excluding carboxylic acids is 1. The summed E-state index contributed by atoms with van der Waals surface area (Å²) in [5, 5.41) is 7.57. The summed E-state index contributed by atoms with van der Waals surface area (Å²) in [5.41, 5.74) is 5.08. The molecule has 0 spiro atoms. The van der Waals surface area contributed by atoms with Crippen molar-refractivity contribution in [3.63, 3.8) is 0 Å². The highest BCUT2D eigenvalue weighted by Crippen LogP contribution is 2.19. The van der Waals surface area contributed by atoms with Crippen molar-refractivity contribution < 1.29 is 14.7 Å². The molecule has 0 aromatic heterocycles. The van der Waals surface area contributed by atoms with Crippen molar-refractivity contribution in [2.75, 3.05) is 0 Å². The largest absolute Gasteiger partial charge is 0.480 e. The lowest BCUT2D eigenvalue weighted by Gasteiger charge is -2.01. The van der Waals surface area contributed by atoms with Crippen molar-refractivity contribution in [1.82, 2.24) is 0 Å². The van der Waals surface area contributed by atoms with Gasteiger partial charge in [0.25, 0.3) is 0 Å². The zero-order valence-electron chi connectivity index (χ0n) is 11.6. The van der Waals surface area contributed by atoms with Crippen molar-refractivity contribution in [2.45, 2.75) is 12.3 Å². The Morgan fingerprint density at radius 2 is 1.24 bits per heavy atom. The van der Waals surface area contributed by atoms with Crippen LogP contribution in [-0.4, -0.2) is 17.0 Å². The van der Waals surface area contributed by atoms with Crippen LogP contribution in [0.3, 0.4) is 0 Å². The zero-order valence-corrected chi connectivity index (χ0v) is 12.4. The molecule has 2 rings (SSSR count). The number of amides is 1. The molecule has 0 aliphatic carbocycles. The Bertz CT molecular complexity index is 487. The monoisotopic (exact) mass is 307 g/mol. The van der Waals surface area contributed by atoms with E-state index in [2.05, 4.69) is 5.73 Å². The Kier molecular flexibility index (Phi) is 10.2. The van der Waals surface area contributed by atoms with Gasteiger partial charge in [-0.1, -0.05) is 66.7 Å². The SMILES string of the molecule is CC(N)=O.O=C(O)C(Cl)c1ccccc1.c1ccccc1. The number of hydrogen-bond donors (Lipinski definition) is 2. The Labute approximate surface area is 129 Å². The fourth-order valence-electron chi connectivity index (χ4n) is 1.15. The van der Waals surface area contributed by atoms with Gasteiger partial charge in [0.2, 0.25) is 5.91 Å². The molecule has 0 aliphatic heterocycles. The van der Waals surface area contributed by atoms with E-state index in [9.17, 15) is 9.59 Å². The molecule has 1 unspecified atom stereocenters. The van der Waals surface area contributed by atoms with Crippen molar-refractivity contribution in [3.05, 3.63) is 72.3 Å². The summed E-state index contributed by atoms with van der Waals surface area (Å²) >= 11 is 5.54. The van der Waals surface area contributed by atoms with Gasteiger partial charge in [-0.15, -0.1) is 11.6 Å². The predicted octanol–water partition coefficient (Wildman–Crippen LogP) is 3.23. The van der Waals surface area contributed by atoms with Gasteiger partial charge in [0, 0.05) is 6.92 Å². The first-order valence-corrected chi connectivity index (χ1v) is 6.56. The lowest BCUT2D eigenvalue weighted by Crippen LogP contribution is -2.04. The first kappa shape index (κ1) is 18.7. The quantitative estimate of drug-likeness (QED) is 0.836. The number of nitrogens with two attached hydrogens (primary N) is 1. The van der Waals surface area contributed by atoms with Gasteiger partial charge >= 0.3 is 5.97 Å². The third-order valence-electron chi connectivity index (χ3n) is 1.98. The van der Waals surface area contributed by atoms with E-state index in [1.54, 1.807) is 24.3 Å². The maximum Gasteiger partial charge on any atom is 0.326 e. The molecule has 0 saturated heterocycles. The highest BCUT2D eigenvalue weighted by molar-refractivity contribution is 6.29. The molecule has 5 heteroatoms. The van der Waals surface area contributed by atoms with Gasteiger partial charge in [-0.05, 0) is 5.56 Å². The normalized spacial score (nSPS) is 10.0. The highest BCUT2D eigenvalue weighted by atomic mass is 35.5. The average molecular weight is 308 g/mol. The van der Waals surface area contributed by atoms with E-state index in [4.69, 9.17) is 16.7 Å². The van der Waals surface area contributed by atoms with Gasteiger partial charge in [0.05, 0.1) is 0 Å². The second kappa shape index (κ2) is 11.5. The van der Waals surface area contributed by atoms with Crippen molar-refractivity contribution in [3.8, 4) is 0 Å². The van der Waals surface area contributed by atoms with Crippen LogP contribution in [0.15, 0.2) is 66.7 Å². The summed E-state index contributed by atoms with van der Waals surface area (Å²) in [7, 11) is 0. The van der Waals surface area contributed by atoms with Crippen molar-refractivity contribution >= 4 is 23.5 Å². The Morgan fingerprint density at radius 1 is 0.952 bits per heavy atom. The minimum Gasteiger partial charge on any atom is -0.480 e. The zero-order chi connectivity index (χ0) is 16.1. The van der Waals surface area contributed by atoms with Gasteiger partial charge in [-0.3, -0.25) is 9.59 Å². The van der Waals surface area contributed by atoms with Gasteiger partial charge in [-0.25, -0.2) is 0 Å². The number of rotatable bonds is 2. The van der Waals surface area contributed by atoms with Crippen LogP contribution in [0, 0.1) is 0 Å². The minimum absolute atomic E-state index is 0.333. The minimum atomic E-state index is -1.02. The molecule has 0 bridgehead atoms. The number of aliphatic carboxylic acids is 1. The van der Waals surface area contributed by atoms with Crippen molar-refractivity contribution in [2.24, 2.45) is 5.73 Å². The molecule has 2 aromatic rings. The van der Waals surface area contributed by atoms with Crippen LogP contribution in [0.25, 0.3) is 0 Å². The summed E-state index contributed by atoms with van der Waals surface area (Å²) < 4.78 is 0. The van der Waals surface area contributed by atoms with E-state index in [1.165, 1.54) is 6.92 Å². The molecule has 0 saturated carbocycles. The topological polar surface area (TPSA) is 80.4 Å². The van der Waals surface area contributed by atoms with E-state index >= 15 is 0 Å². The molecule has 0 fully saturated rings. The molecule has 21 heavy (non-hydrogen) atoms. The highest BCUT2D eigenvalue weighted by Gasteiger charge is 2.14. The van der Waals surface area contributed by atoms with Crippen LogP contribution < -0.4 is 5.73 Å². The summed E-state index contributed by atoms with van der Waals surface area (Å²) in [6, 6.07) is 20.7. The van der Waals surface area contributed by atoms with E-state index in [1.807, 2.05) is 42.5 Å². The summed E-state index contributed by atoms with van der Waals surface area (Å²) in [4.78, 5) is 19.6. The lowest BCUT2D eigenvalue weighted by atomic mass is 10.1. The van der Waals surface area contributed by atoms with Gasteiger partial charge in [-0.2, -0.15) is 0 Å². The fourth-order valence-corrected chi connectivity index (χ4v) is 1.29. The van der Waals surface area contributed by atoms with Crippen LogP contribution in [0.5, 0.6) is 0 Å². The smallest absolute Gasteiger partial charge is 0.326 e. The number of hydrogen-bond acceptors (Lipinski definition) is 2. The summed E-state index contributed by atoms with van der Waals surface area (Å²) in [6.45, 7) is 1.31. The number of carbonyl (C=O) groups is 2. The van der Waals surface area contributed by atoms with Crippen LogP contribution in [0.4, 0.5) is 0 Å². The molecule has 4 nitrogen and oxygen atoms in total. The molecular formula is C16H18ClNO3. The first-order valence-electron chi connectivity index (χ1n) is 6.13. The van der Waals surface area contributed by atoms with E-state index in [0.717, 1.165) is 0 Å². The molecule has 1 atom stereocenters. The molecule has 0 heterocycles. The number of primary amides is 1. The van der Waals surface area contributed by atoms with Crippen LogP contribution in [0.2, 0.25) is 0 Å². The molecule has 112 valence electrons. The maximum absolute atomic E-state index is 10.4. The standard InChI is InChI=1S/C8H7ClO2.C6H6.C2H5NO/c9-7(8(10)11)6-4-2-1-3-5-6;1-2-4-6-5-3-1;1-2(3)4/h1-5,7H,(H,10,11);1-6H;1H3,(H2,3,4). The molecule has 1 amide bonds. The molecule has 0 aliphatic rings. The fraction of sp³-hybridized carbons (Fsp3) is 0.125. The van der Waals surface area contributed by atoms with E-state index < -0.39 is 11.3 Å². The number of halogens is 1.